The molecular formula is C21H33N3O3. The predicted molar refractivity (Wildman–Crippen MR) is 105 cm³/mol. The largest absolute Gasteiger partial charge is 0.393 e. The van der Waals surface area contributed by atoms with E-state index in [1.54, 1.807) is 20.2 Å². The number of aromatic nitrogens is 2. The summed E-state index contributed by atoms with van der Waals surface area (Å²) in [5.74, 6) is 0.978. The van der Waals surface area contributed by atoms with E-state index >= 15 is 0 Å². The van der Waals surface area contributed by atoms with E-state index in [1.165, 1.54) is 0 Å². The molecule has 0 aromatic carbocycles. The number of Topliss-reactive ketones (excluding diaryl/α,β-unsaturated/α-hetero) is 1. The van der Waals surface area contributed by atoms with E-state index < -0.39 is 0 Å². The first-order chi connectivity index (χ1) is 12.9. The van der Waals surface area contributed by atoms with Crippen molar-refractivity contribution in [2.24, 2.45) is 5.92 Å². The molecule has 2 saturated carbocycles. The van der Waals surface area contributed by atoms with Crippen LogP contribution < -0.4 is 5.32 Å². The van der Waals surface area contributed by atoms with Gasteiger partial charge in [0.15, 0.2) is 5.78 Å². The normalized spacial score (nSPS) is 31.5. The maximum Gasteiger partial charge on any atom is 0.223 e. The fourth-order valence-corrected chi connectivity index (χ4v) is 4.51. The van der Waals surface area contributed by atoms with Crippen LogP contribution in [0.3, 0.4) is 0 Å². The third-order valence-electron chi connectivity index (χ3n) is 6.27. The van der Waals surface area contributed by atoms with Crippen molar-refractivity contribution in [1.29, 1.82) is 0 Å². The summed E-state index contributed by atoms with van der Waals surface area (Å²) in [6.07, 6.45) is 10.4. The number of methoxy groups -OCH3 is 1. The van der Waals surface area contributed by atoms with Crippen molar-refractivity contribution in [2.75, 3.05) is 12.4 Å². The lowest BCUT2D eigenvalue weighted by Gasteiger charge is -2.37. The average molecular weight is 376 g/mol. The second-order valence-corrected chi connectivity index (χ2v) is 8.62. The summed E-state index contributed by atoms with van der Waals surface area (Å²) in [5, 5.41) is 13.5. The minimum Gasteiger partial charge on any atom is -0.393 e. The molecule has 0 saturated heterocycles. The molecule has 6 heteroatoms. The zero-order valence-electron chi connectivity index (χ0n) is 16.8. The van der Waals surface area contributed by atoms with Crippen LogP contribution in [0.25, 0.3) is 0 Å². The van der Waals surface area contributed by atoms with Crippen LogP contribution in [0.15, 0.2) is 6.20 Å². The molecule has 3 rings (SSSR count). The van der Waals surface area contributed by atoms with Crippen LogP contribution in [0.5, 0.6) is 0 Å². The third kappa shape index (κ3) is 5.26. The topological polar surface area (TPSA) is 84.3 Å². The van der Waals surface area contributed by atoms with Gasteiger partial charge in [-0.15, -0.1) is 0 Å². The highest BCUT2D eigenvalue weighted by molar-refractivity contribution is 5.94. The van der Waals surface area contributed by atoms with Gasteiger partial charge in [0.05, 0.1) is 23.5 Å². The molecule has 27 heavy (non-hydrogen) atoms. The number of aliphatic hydroxyl groups excluding tert-OH is 1. The molecule has 0 aliphatic heterocycles. The summed E-state index contributed by atoms with van der Waals surface area (Å²) >= 11 is 0. The zero-order chi connectivity index (χ0) is 19.4. The number of aliphatic hydroxyl groups is 1. The Labute approximate surface area is 162 Å². The summed E-state index contributed by atoms with van der Waals surface area (Å²) < 4.78 is 5.47. The van der Waals surface area contributed by atoms with Crippen molar-refractivity contribution in [3.05, 3.63) is 17.5 Å². The number of anilines is 1. The van der Waals surface area contributed by atoms with Crippen LogP contribution in [0.2, 0.25) is 0 Å². The van der Waals surface area contributed by atoms with Gasteiger partial charge in [0, 0.05) is 18.8 Å². The van der Waals surface area contributed by atoms with Crippen LogP contribution in [0.4, 0.5) is 5.95 Å². The number of carbonyl (C=O) groups is 1. The molecule has 2 aliphatic carbocycles. The number of carbonyl (C=O) groups excluding carboxylic acids is 1. The van der Waals surface area contributed by atoms with Crippen molar-refractivity contribution in [2.45, 2.75) is 89.4 Å². The van der Waals surface area contributed by atoms with E-state index in [2.05, 4.69) is 17.2 Å². The number of hydrogen-bond acceptors (Lipinski definition) is 6. The van der Waals surface area contributed by atoms with Crippen LogP contribution in [0.1, 0.15) is 81.3 Å². The number of rotatable bonds is 6. The molecule has 2 aliphatic rings. The molecule has 2 N–H and O–H groups in total. The van der Waals surface area contributed by atoms with Crippen molar-refractivity contribution in [3.63, 3.8) is 0 Å². The maximum absolute atomic E-state index is 12.0. The van der Waals surface area contributed by atoms with Crippen molar-refractivity contribution in [3.8, 4) is 0 Å². The number of ether oxygens (including phenoxy) is 1. The Morgan fingerprint density at radius 2 is 2.07 bits per heavy atom. The van der Waals surface area contributed by atoms with Gasteiger partial charge in [0.25, 0.3) is 0 Å². The molecule has 2 fully saturated rings. The van der Waals surface area contributed by atoms with E-state index in [1.807, 2.05) is 0 Å². The number of ketones is 1. The van der Waals surface area contributed by atoms with Crippen molar-refractivity contribution >= 4 is 11.7 Å². The van der Waals surface area contributed by atoms with Gasteiger partial charge in [-0.1, -0.05) is 6.42 Å². The summed E-state index contributed by atoms with van der Waals surface area (Å²) in [7, 11) is 1.78. The van der Waals surface area contributed by atoms with Crippen LogP contribution >= 0.6 is 0 Å². The Morgan fingerprint density at radius 3 is 2.70 bits per heavy atom. The van der Waals surface area contributed by atoms with Gasteiger partial charge in [0.2, 0.25) is 5.95 Å². The number of nitrogens with zero attached hydrogens (tertiary/aromatic N) is 2. The average Bonchev–Trinajstić information content (AvgIpc) is 2.62. The minimum absolute atomic E-state index is 0.000257. The highest BCUT2D eigenvalue weighted by atomic mass is 16.5. The fraction of sp³-hybridized carbons (Fsp3) is 0.762. The lowest BCUT2D eigenvalue weighted by atomic mass is 9.82. The Morgan fingerprint density at radius 1 is 1.33 bits per heavy atom. The van der Waals surface area contributed by atoms with Gasteiger partial charge in [-0.05, 0) is 71.1 Å². The number of nitrogens with one attached hydrogen (secondary N) is 1. The Kier molecular flexibility index (Phi) is 6.48. The third-order valence-corrected chi connectivity index (χ3v) is 6.27. The second kappa shape index (κ2) is 8.65. The van der Waals surface area contributed by atoms with Crippen LogP contribution in [0, 0.1) is 5.92 Å². The molecule has 0 spiro atoms. The Bertz CT molecular complexity index is 656. The Balaban J connectivity index is 1.74. The SMILES string of the molecule is COC1CCC(C)(Nc2ncc(C(C)=O)c(CC3CCC[C@H](O)C3)n2)CC1. The summed E-state index contributed by atoms with van der Waals surface area (Å²) in [6.45, 7) is 3.77. The predicted octanol–water partition coefficient (Wildman–Crippen LogP) is 3.53. The van der Waals surface area contributed by atoms with Gasteiger partial charge in [-0.2, -0.15) is 0 Å². The van der Waals surface area contributed by atoms with E-state index in [0.29, 0.717) is 23.5 Å². The van der Waals surface area contributed by atoms with E-state index in [4.69, 9.17) is 9.72 Å². The molecule has 1 aromatic heterocycles. The van der Waals surface area contributed by atoms with Gasteiger partial charge in [-0.25, -0.2) is 9.97 Å². The maximum atomic E-state index is 12.0. The Hall–Kier alpha value is -1.53. The first-order valence-electron chi connectivity index (χ1n) is 10.2. The van der Waals surface area contributed by atoms with Gasteiger partial charge >= 0.3 is 0 Å². The molecule has 1 aromatic rings. The molecule has 0 bridgehead atoms. The van der Waals surface area contributed by atoms with Gasteiger partial charge < -0.3 is 15.2 Å². The van der Waals surface area contributed by atoms with E-state index in [-0.39, 0.29) is 17.4 Å². The highest BCUT2D eigenvalue weighted by Crippen LogP contribution is 2.32. The smallest absolute Gasteiger partial charge is 0.223 e. The summed E-state index contributed by atoms with van der Waals surface area (Å²) in [6, 6.07) is 0. The first kappa shape index (κ1) is 20.2. The summed E-state index contributed by atoms with van der Waals surface area (Å²) in [4.78, 5) is 21.2. The van der Waals surface area contributed by atoms with Crippen LogP contribution in [-0.4, -0.2) is 45.7 Å². The molecule has 0 amide bonds. The van der Waals surface area contributed by atoms with Crippen LogP contribution in [-0.2, 0) is 11.2 Å². The molecule has 1 heterocycles. The van der Waals surface area contributed by atoms with Gasteiger partial charge in [0.1, 0.15) is 0 Å². The molecule has 6 nitrogen and oxygen atoms in total. The fourth-order valence-electron chi connectivity index (χ4n) is 4.51. The number of hydrogen-bond donors (Lipinski definition) is 2. The molecule has 150 valence electrons. The monoisotopic (exact) mass is 375 g/mol. The second-order valence-electron chi connectivity index (χ2n) is 8.62. The minimum atomic E-state index is -0.223. The lowest BCUT2D eigenvalue weighted by Crippen LogP contribution is -2.41. The van der Waals surface area contributed by atoms with E-state index in [0.717, 1.165) is 63.5 Å². The lowest BCUT2D eigenvalue weighted by molar-refractivity contribution is 0.0563. The molecular weight excluding hydrogens is 342 g/mol. The first-order valence-corrected chi connectivity index (χ1v) is 10.2. The highest BCUT2D eigenvalue weighted by Gasteiger charge is 2.32. The molecule has 1 unspecified atom stereocenters. The summed E-state index contributed by atoms with van der Waals surface area (Å²) in [5.41, 5.74) is 1.37. The van der Waals surface area contributed by atoms with Crippen molar-refractivity contribution < 1.29 is 14.6 Å². The zero-order valence-corrected chi connectivity index (χ0v) is 16.8. The van der Waals surface area contributed by atoms with Gasteiger partial charge in [-0.3, -0.25) is 4.79 Å². The molecule has 0 radical (unpaired) electrons. The molecule has 2 atom stereocenters. The standard InChI is InChI=1S/C21H33N3O3/c1-14(25)18-13-22-20(24-21(2)9-7-17(27-3)8-10-21)23-19(18)12-15-5-4-6-16(26)11-15/h13,15-17,26H,4-12H2,1-3H3,(H,22,23,24)/t15?,16-,17?,21?/m0/s1. The van der Waals surface area contributed by atoms with Crippen molar-refractivity contribution in [1.82, 2.24) is 9.97 Å². The van der Waals surface area contributed by atoms with E-state index in [9.17, 15) is 9.90 Å². The quantitative estimate of drug-likeness (QED) is 0.740.